The van der Waals surface area contributed by atoms with E-state index in [0.29, 0.717) is 6.04 Å². The van der Waals surface area contributed by atoms with Crippen LogP contribution in [0.25, 0.3) is 0 Å². The van der Waals surface area contributed by atoms with E-state index in [1.54, 1.807) is 0 Å². The van der Waals surface area contributed by atoms with Gasteiger partial charge in [0.2, 0.25) is 0 Å². The molecule has 1 atom stereocenters. The van der Waals surface area contributed by atoms with Crippen LogP contribution in [0, 0.1) is 18.8 Å². The fourth-order valence-electron chi connectivity index (χ4n) is 3.27. The van der Waals surface area contributed by atoms with E-state index in [4.69, 9.17) is 4.42 Å². The van der Waals surface area contributed by atoms with Gasteiger partial charge in [0.15, 0.2) is 0 Å². The number of nitrogens with one attached hydrogen (secondary N) is 1. The van der Waals surface area contributed by atoms with E-state index < -0.39 is 0 Å². The lowest BCUT2D eigenvalue weighted by Gasteiger charge is -2.33. The van der Waals surface area contributed by atoms with E-state index >= 15 is 0 Å². The predicted octanol–water partition coefficient (Wildman–Crippen LogP) is 4.46. The first-order valence-electron chi connectivity index (χ1n) is 7.54. The minimum atomic E-state index is 0.418. The molecule has 1 N–H and O–H groups in total. The van der Waals surface area contributed by atoms with Crippen molar-refractivity contribution in [3.8, 4) is 0 Å². The summed E-state index contributed by atoms with van der Waals surface area (Å²) in [5.74, 6) is 3.87. The summed E-state index contributed by atoms with van der Waals surface area (Å²) in [6.07, 6.45) is 6.82. The third-order valence-corrected chi connectivity index (χ3v) is 4.43. The molecule has 1 unspecified atom stereocenters. The van der Waals surface area contributed by atoms with Crippen LogP contribution < -0.4 is 5.32 Å². The Morgan fingerprint density at radius 1 is 1.22 bits per heavy atom. The molecular formula is C16H27NO. The molecule has 0 bridgehead atoms. The van der Waals surface area contributed by atoms with Gasteiger partial charge < -0.3 is 9.73 Å². The molecule has 1 saturated carbocycles. The molecule has 0 spiro atoms. The van der Waals surface area contributed by atoms with Crippen LogP contribution in [-0.2, 0) is 0 Å². The van der Waals surface area contributed by atoms with Crippen molar-refractivity contribution < 1.29 is 4.42 Å². The molecule has 1 fully saturated rings. The minimum absolute atomic E-state index is 0.418. The van der Waals surface area contributed by atoms with Gasteiger partial charge in [0.1, 0.15) is 11.5 Å². The first-order valence-corrected chi connectivity index (χ1v) is 7.54. The van der Waals surface area contributed by atoms with Gasteiger partial charge in [0, 0.05) is 0 Å². The molecule has 18 heavy (non-hydrogen) atoms. The molecule has 2 heteroatoms. The summed E-state index contributed by atoms with van der Waals surface area (Å²) in [7, 11) is 0. The molecule has 102 valence electrons. The van der Waals surface area contributed by atoms with Gasteiger partial charge >= 0.3 is 0 Å². The van der Waals surface area contributed by atoms with Crippen LogP contribution in [0.1, 0.15) is 63.5 Å². The summed E-state index contributed by atoms with van der Waals surface area (Å²) in [4.78, 5) is 0. The van der Waals surface area contributed by atoms with Crippen LogP contribution in [-0.4, -0.2) is 6.54 Å². The quantitative estimate of drug-likeness (QED) is 0.833. The first-order chi connectivity index (χ1) is 8.74. The Labute approximate surface area is 111 Å². The average Bonchev–Trinajstić information content (AvgIpc) is 2.82. The lowest BCUT2D eigenvalue weighted by Crippen LogP contribution is -2.30. The molecule has 0 saturated heterocycles. The van der Waals surface area contributed by atoms with Crippen LogP contribution in [0.3, 0.4) is 0 Å². The number of rotatable bonds is 5. The molecule has 1 aromatic heterocycles. The monoisotopic (exact) mass is 249 g/mol. The van der Waals surface area contributed by atoms with E-state index in [0.717, 1.165) is 29.9 Å². The topological polar surface area (TPSA) is 25.2 Å². The van der Waals surface area contributed by atoms with Crippen molar-refractivity contribution >= 4 is 0 Å². The van der Waals surface area contributed by atoms with Crippen LogP contribution >= 0.6 is 0 Å². The SMILES string of the molecule is CCNC(c1ccc(C)o1)C1CCC(CC)CC1. The van der Waals surface area contributed by atoms with Crippen molar-refractivity contribution in [2.24, 2.45) is 11.8 Å². The Balaban J connectivity index is 2.02. The van der Waals surface area contributed by atoms with Gasteiger partial charge in [0.25, 0.3) is 0 Å². The first kappa shape index (κ1) is 13.7. The zero-order valence-corrected chi connectivity index (χ0v) is 12.0. The van der Waals surface area contributed by atoms with Crippen LogP contribution in [0.4, 0.5) is 0 Å². The van der Waals surface area contributed by atoms with Gasteiger partial charge in [-0.1, -0.05) is 33.1 Å². The number of hydrogen-bond acceptors (Lipinski definition) is 2. The molecule has 2 rings (SSSR count). The molecule has 1 aliphatic carbocycles. The highest BCUT2D eigenvalue weighted by atomic mass is 16.3. The summed E-state index contributed by atoms with van der Waals surface area (Å²) >= 11 is 0. The highest BCUT2D eigenvalue weighted by molar-refractivity contribution is 5.11. The van der Waals surface area contributed by atoms with E-state index in [2.05, 4.69) is 31.3 Å². The van der Waals surface area contributed by atoms with Crippen molar-refractivity contribution in [1.82, 2.24) is 5.32 Å². The van der Waals surface area contributed by atoms with Gasteiger partial charge in [-0.15, -0.1) is 0 Å². The highest BCUT2D eigenvalue weighted by Gasteiger charge is 2.29. The molecule has 1 aromatic rings. The zero-order valence-electron chi connectivity index (χ0n) is 12.0. The van der Waals surface area contributed by atoms with Crippen molar-refractivity contribution in [3.63, 3.8) is 0 Å². The number of aryl methyl sites for hydroxylation is 1. The Kier molecular flexibility index (Phi) is 4.87. The van der Waals surface area contributed by atoms with E-state index in [1.165, 1.54) is 32.1 Å². The predicted molar refractivity (Wildman–Crippen MR) is 75.6 cm³/mol. The largest absolute Gasteiger partial charge is 0.465 e. The Hall–Kier alpha value is -0.760. The van der Waals surface area contributed by atoms with Crippen LogP contribution in [0.2, 0.25) is 0 Å². The maximum absolute atomic E-state index is 5.84. The number of furan rings is 1. The molecule has 0 aliphatic heterocycles. The third-order valence-electron chi connectivity index (χ3n) is 4.43. The summed E-state index contributed by atoms with van der Waals surface area (Å²) in [5.41, 5.74) is 0. The Morgan fingerprint density at radius 3 is 2.44 bits per heavy atom. The lowest BCUT2D eigenvalue weighted by atomic mass is 9.77. The second-order valence-corrected chi connectivity index (χ2v) is 5.67. The van der Waals surface area contributed by atoms with Crippen LogP contribution in [0.15, 0.2) is 16.5 Å². The van der Waals surface area contributed by atoms with Crippen molar-refractivity contribution in [3.05, 3.63) is 23.7 Å². The second kappa shape index (κ2) is 6.42. The van der Waals surface area contributed by atoms with Crippen molar-refractivity contribution in [2.45, 2.75) is 58.9 Å². The molecule has 0 aromatic carbocycles. The van der Waals surface area contributed by atoms with E-state index in [9.17, 15) is 0 Å². The van der Waals surface area contributed by atoms with Crippen LogP contribution in [0.5, 0.6) is 0 Å². The minimum Gasteiger partial charge on any atom is -0.465 e. The van der Waals surface area contributed by atoms with Gasteiger partial charge in [-0.2, -0.15) is 0 Å². The maximum Gasteiger partial charge on any atom is 0.121 e. The third kappa shape index (κ3) is 3.17. The average molecular weight is 249 g/mol. The smallest absolute Gasteiger partial charge is 0.121 e. The summed E-state index contributed by atoms with van der Waals surface area (Å²) in [6.45, 7) is 7.54. The summed E-state index contributed by atoms with van der Waals surface area (Å²) < 4.78 is 5.84. The molecular weight excluding hydrogens is 222 g/mol. The molecule has 0 radical (unpaired) electrons. The van der Waals surface area contributed by atoms with E-state index in [-0.39, 0.29) is 0 Å². The summed E-state index contributed by atoms with van der Waals surface area (Å²) in [6, 6.07) is 4.65. The fraction of sp³-hybridized carbons (Fsp3) is 0.750. The second-order valence-electron chi connectivity index (χ2n) is 5.67. The standard InChI is InChI=1S/C16H27NO/c1-4-13-7-9-14(10-8-13)16(17-5-2)15-11-6-12(3)18-15/h6,11,13-14,16-17H,4-5,7-10H2,1-3H3. The Bertz CT molecular complexity index is 350. The van der Waals surface area contributed by atoms with Gasteiger partial charge in [-0.3, -0.25) is 0 Å². The molecule has 1 aliphatic rings. The van der Waals surface area contributed by atoms with Crippen molar-refractivity contribution in [1.29, 1.82) is 0 Å². The fourth-order valence-corrected chi connectivity index (χ4v) is 3.27. The molecule has 2 nitrogen and oxygen atoms in total. The number of hydrogen-bond donors (Lipinski definition) is 1. The molecule has 1 heterocycles. The highest BCUT2D eigenvalue weighted by Crippen LogP contribution is 2.38. The van der Waals surface area contributed by atoms with Gasteiger partial charge in [0.05, 0.1) is 6.04 Å². The normalized spacial score (nSPS) is 26.2. The molecule has 0 amide bonds. The summed E-state index contributed by atoms with van der Waals surface area (Å²) in [5, 5.41) is 3.62. The van der Waals surface area contributed by atoms with E-state index in [1.807, 2.05) is 6.92 Å². The maximum atomic E-state index is 5.84. The Morgan fingerprint density at radius 2 is 1.94 bits per heavy atom. The van der Waals surface area contributed by atoms with Gasteiger partial charge in [-0.25, -0.2) is 0 Å². The lowest BCUT2D eigenvalue weighted by molar-refractivity contribution is 0.203. The van der Waals surface area contributed by atoms with Crippen molar-refractivity contribution in [2.75, 3.05) is 6.54 Å². The zero-order chi connectivity index (χ0) is 13.0. The van der Waals surface area contributed by atoms with Gasteiger partial charge in [-0.05, 0) is 50.3 Å².